The molecule has 0 amide bonds. The number of rotatable bonds is 2. The molecule has 7 rings (SSSR count). The number of hydrogen-bond donors (Lipinski definition) is 2. The fourth-order valence-electron chi connectivity index (χ4n) is 9.35. The van der Waals surface area contributed by atoms with Gasteiger partial charge < -0.3 is 28.8 Å². The lowest BCUT2D eigenvalue weighted by molar-refractivity contribution is -0.224. The Kier molecular flexibility index (Phi) is 3.94. The largest absolute Gasteiger partial charge is 0.459 e. The third-order valence-electron chi connectivity index (χ3n) is 11.0. The number of fused-ring (bicyclic) bond motifs is 4. The monoisotopic (exact) mass is 472 g/mol. The van der Waals surface area contributed by atoms with Gasteiger partial charge >= 0.3 is 11.6 Å². The van der Waals surface area contributed by atoms with Gasteiger partial charge in [0, 0.05) is 30.2 Å². The number of esters is 1. The van der Waals surface area contributed by atoms with Crippen molar-refractivity contribution in [3.63, 3.8) is 0 Å². The SMILES string of the molecule is CC(=O)O[C@H]1[C@H]2O[C@]23[C@@H]2CC[C@]4(O)C[C@@H](O)CC[C@]4(C)[C@H]2CC[C@]3(C)[C@H]1c1coc(=O)c2c1O2. The minimum absolute atomic E-state index is 0.196. The zero-order chi connectivity index (χ0) is 23.8. The molecule has 8 heteroatoms. The van der Waals surface area contributed by atoms with Crippen LogP contribution < -0.4 is 10.4 Å². The normalized spacial score (nSPS) is 51.7. The number of epoxide rings is 1. The molecule has 34 heavy (non-hydrogen) atoms. The molecule has 1 aromatic heterocycles. The minimum atomic E-state index is -0.866. The Morgan fingerprint density at radius 3 is 2.59 bits per heavy atom. The van der Waals surface area contributed by atoms with E-state index < -0.39 is 29.0 Å². The molecular weight excluding hydrogens is 440 g/mol. The molecule has 8 nitrogen and oxygen atoms in total. The molecule has 0 unspecified atom stereocenters. The Bertz CT molecular complexity index is 1160. The first-order valence-electron chi connectivity index (χ1n) is 12.6. The summed E-state index contributed by atoms with van der Waals surface area (Å²) in [7, 11) is 0. The van der Waals surface area contributed by atoms with Crippen molar-refractivity contribution in [2.75, 3.05) is 0 Å². The maximum Gasteiger partial charge on any atom is 0.383 e. The highest BCUT2D eigenvalue weighted by molar-refractivity contribution is 5.67. The lowest BCUT2D eigenvalue weighted by Crippen LogP contribution is -2.65. The molecule has 6 aliphatic rings. The molecule has 5 fully saturated rings. The number of aliphatic hydroxyl groups excluding tert-OH is 1. The summed E-state index contributed by atoms with van der Waals surface area (Å²) in [5.74, 6) is 0.745. The van der Waals surface area contributed by atoms with E-state index in [1.807, 2.05) is 0 Å². The standard InChI is InChI=1S/C26H32O8/c1-12(27)32-19-17(14-11-31-22(29)20-18(14)33-20)24(3)8-5-15-16(26(24)21(19)34-26)6-9-25(30)10-13(28)4-7-23(15,25)2/h11,13,15-17,19,21,28,30H,4-10H2,1-3H3/t13-,15-,16+,17-,19+,21+,23+,24+,25-,26+/m0/s1. The predicted molar refractivity (Wildman–Crippen MR) is 117 cm³/mol. The molecule has 0 bridgehead atoms. The van der Waals surface area contributed by atoms with Gasteiger partial charge in [-0.2, -0.15) is 0 Å². The highest BCUT2D eigenvalue weighted by atomic mass is 16.7. The maximum absolute atomic E-state index is 12.2. The molecule has 0 aromatic carbocycles. The molecule has 3 heterocycles. The fourth-order valence-corrected chi connectivity index (χ4v) is 9.35. The number of hydrogen-bond acceptors (Lipinski definition) is 8. The Morgan fingerprint density at radius 1 is 1.09 bits per heavy atom. The van der Waals surface area contributed by atoms with E-state index in [4.69, 9.17) is 18.6 Å². The molecule has 1 aromatic rings. The van der Waals surface area contributed by atoms with Gasteiger partial charge in [0.05, 0.1) is 11.7 Å². The maximum atomic E-state index is 12.2. The first kappa shape index (κ1) is 21.4. The Hall–Kier alpha value is -1.90. The highest BCUT2D eigenvalue weighted by Crippen LogP contribution is 2.79. The zero-order valence-electron chi connectivity index (χ0n) is 19.8. The van der Waals surface area contributed by atoms with Crippen LogP contribution >= 0.6 is 0 Å². The first-order valence-corrected chi connectivity index (χ1v) is 12.6. The quantitative estimate of drug-likeness (QED) is 0.505. The van der Waals surface area contributed by atoms with E-state index in [0.717, 1.165) is 31.2 Å². The van der Waals surface area contributed by atoms with Crippen LogP contribution in [0, 0.1) is 22.7 Å². The van der Waals surface area contributed by atoms with Gasteiger partial charge in [-0.05, 0) is 55.8 Å². The summed E-state index contributed by atoms with van der Waals surface area (Å²) < 4.78 is 23.3. The van der Waals surface area contributed by atoms with Gasteiger partial charge in [-0.3, -0.25) is 4.79 Å². The van der Waals surface area contributed by atoms with E-state index in [2.05, 4.69) is 13.8 Å². The Labute approximate surface area is 197 Å². The van der Waals surface area contributed by atoms with Crippen molar-refractivity contribution in [1.29, 1.82) is 0 Å². The molecule has 4 saturated carbocycles. The first-order chi connectivity index (χ1) is 16.1. The lowest BCUT2D eigenvalue weighted by Gasteiger charge is -2.63. The number of carbonyl (C=O) groups excluding carboxylic acids is 1. The predicted octanol–water partition coefficient (Wildman–Crippen LogP) is 3.02. The van der Waals surface area contributed by atoms with Crippen LogP contribution in [0.4, 0.5) is 0 Å². The van der Waals surface area contributed by atoms with Crippen LogP contribution in [0.3, 0.4) is 0 Å². The van der Waals surface area contributed by atoms with Crippen LogP contribution in [0.15, 0.2) is 15.5 Å². The van der Waals surface area contributed by atoms with Gasteiger partial charge in [-0.15, -0.1) is 0 Å². The van der Waals surface area contributed by atoms with Gasteiger partial charge in [0.25, 0.3) is 5.75 Å². The van der Waals surface area contributed by atoms with Crippen molar-refractivity contribution < 1.29 is 33.6 Å². The lowest BCUT2D eigenvalue weighted by atomic mass is 9.42. The van der Waals surface area contributed by atoms with E-state index >= 15 is 0 Å². The van der Waals surface area contributed by atoms with Gasteiger partial charge in [-0.1, -0.05) is 13.8 Å². The third-order valence-corrected chi connectivity index (χ3v) is 11.0. The van der Waals surface area contributed by atoms with E-state index in [1.54, 1.807) is 0 Å². The molecular formula is C26H32O8. The highest BCUT2D eigenvalue weighted by Gasteiger charge is 2.85. The summed E-state index contributed by atoms with van der Waals surface area (Å²) in [6.45, 7) is 5.85. The van der Waals surface area contributed by atoms with Gasteiger partial charge in [-0.25, -0.2) is 4.79 Å². The second kappa shape index (κ2) is 6.26. The van der Waals surface area contributed by atoms with Gasteiger partial charge in [0.1, 0.15) is 24.1 Å². The summed E-state index contributed by atoms with van der Waals surface area (Å²) in [4.78, 5) is 24.1. The summed E-state index contributed by atoms with van der Waals surface area (Å²) in [5, 5.41) is 22.0. The smallest absolute Gasteiger partial charge is 0.383 e. The molecule has 0 radical (unpaired) electrons. The summed E-state index contributed by atoms with van der Waals surface area (Å²) in [5.41, 5.74) is -1.64. The van der Waals surface area contributed by atoms with Gasteiger partial charge in [0.2, 0.25) is 0 Å². The zero-order valence-corrected chi connectivity index (χ0v) is 19.8. The molecule has 1 spiro atoms. The minimum Gasteiger partial charge on any atom is -0.459 e. The van der Waals surface area contributed by atoms with E-state index in [1.165, 1.54) is 13.2 Å². The molecule has 1 saturated heterocycles. The van der Waals surface area contributed by atoms with Crippen molar-refractivity contribution in [1.82, 2.24) is 0 Å². The summed E-state index contributed by atoms with van der Waals surface area (Å²) >= 11 is 0. The van der Waals surface area contributed by atoms with Crippen molar-refractivity contribution in [2.24, 2.45) is 22.7 Å². The van der Waals surface area contributed by atoms with Crippen LogP contribution in [0.2, 0.25) is 0 Å². The Morgan fingerprint density at radius 2 is 1.82 bits per heavy atom. The summed E-state index contributed by atoms with van der Waals surface area (Å²) in [6.07, 6.45) is 5.48. The van der Waals surface area contributed by atoms with Crippen molar-refractivity contribution in [3.8, 4) is 11.5 Å². The number of aliphatic hydroxyl groups is 2. The summed E-state index contributed by atoms with van der Waals surface area (Å²) in [6, 6.07) is 0. The van der Waals surface area contributed by atoms with Crippen molar-refractivity contribution in [2.45, 2.75) is 101 Å². The third kappa shape index (κ3) is 2.31. The molecule has 184 valence electrons. The Balaban J connectivity index is 1.32. The average Bonchev–Trinajstić information content (AvgIpc) is 3.66. The second-order valence-corrected chi connectivity index (χ2v) is 12.2. The number of carbonyl (C=O) groups is 1. The molecule has 10 atom stereocenters. The van der Waals surface area contributed by atoms with E-state index in [0.29, 0.717) is 25.0 Å². The van der Waals surface area contributed by atoms with E-state index in [9.17, 15) is 19.8 Å². The van der Waals surface area contributed by atoms with Crippen LogP contribution in [0.25, 0.3) is 0 Å². The van der Waals surface area contributed by atoms with Crippen molar-refractivity contribution >= 4 is 5.97 Å². The van der Waals surface area contributed by atoms with Crippen LogP contribution in [0.5, 0.6) is 11.5 Å². The average molecular weight is 473 g/mol. The second-order valence-electron chi connectivity index (χ2n) is 12.2. The number of ether oxygens (including phenoxy) is 3. The fraction of sp³-hybridized carbons (Fsp3) is 0.769. The molecule has 4 aliphatic carbocycles. The van der Waals surface area contributed by atoms with E-state index in [-0.39, 0.29) is 46.4 Å². The van der Waals surface area contributed by atoms with Gasteiger partial charge in [0.15, 0.2) is 5.75 Å². The van der Waals surface area contributed by atoms with Crippen LogP contribution in [-0.4, -0.2) is 45.7 Å². The van der Waals surface area contributed by atoms with Crippen molar-refractivity contribution in [3.05, 3.63) is 22.2 Å². The topological polar surface area (TPSA) is 122 Å². The molecule has 2 N–H and O–H groups in total. The molecule has 2 aliphatic heterocycles. The van der Waals surface area contributed by atoms with Crippen LogP contribution in [-0.2, 0) is 14.3 Å². The van der Waals surface area contributed by atoms with Crippen LogP contribution in [0.1, 0.15) is 77.2 Å².